The monoisotopic (exact) mass is 186 g/mol. The molecule has 13 heavy (non-hydrogen) atoms. The molecule has 0 aromatic carbocycles. The van der Waals surface area contributed by atoms with Gasteiger partial charge < -0.3 is 5.11 Å². The van der Waals surface area contributed by atoms with Crippen molar-refractivity contribution in [1.29, 1.82) is 0 Å². The van der Waals surface area contributed by atoms with Gasteiger partial charge in [0.25, 0.3) is 0 Å². The molecule has 0 aromatic heterocycles. The SMILES string of the molecule is CCCCC(=O)C(C)(O)CC(C)C. The molecule has 0 saturated carbocycles. The number of hydrogen-bond donors (Lipinski definition) is 1. The van der Waals surface area contributed by atoms with Crippen molar-refractivity contribution in [2.24, 2.45) is 5.92 Å². The van der Waals surface area contributed by atoms with Crippen molar-refractivity contribution >= 4 is 5.78 Å². The first kappa shape index (κ1) is 12.6. The molecule has 0 aliphatic heterocycles. The summed E-state index contributed by atoms with van der Waals surface area (Å²) in [7, 11) is 0. The average Bonchev–Trinajstić information content (AvgIpc) is 1.97. The van der Waals surface area contributed by atoms with E-state index >= 15 is 0 Å². The standard InChI is InChI=1S/C11H22O2/c1-5-6-7-10(12)11(4,13)8-9(2)3/h9,13H,5-8H2,1-4H3. The van der Waals surface area contributed by atoms with Crippen LogP contribution in [-0.2, 0) is 4.79 Å². The second-order valence-electron chi connectivity index (χ2n) is 4.40. The topological polar surface area (TPSA) is 37.3 Å². The lowest BCUT2D eigenvalue weighted by Crippen LogP contribution is -2.36. The Morgan fingerprint density at radius 2 is 2.00 bits per heavy atom. The van der Waals surface area contributed by atoms with Gasteiger partial charge in [0.2, 0.25) is 0 Å². The molecule has 0 saturated heterocycles. The molecular weight excluding hydrogens is 164 g/mol. The van der Waals surface area contributed by atoms with Crippen LogP contribution in [0.3, 0.4) is 0 Å². The molecule has 2 heteroatoms. The zero-order chi connectivity index (χ0) is 10.5. The number of hydrogen-bond acceptors (Lipinski definition) is 2. The maximum atomic E-state index is 11.5. The normalized spacial score (nSPS) is 15.8. The van der Waals surface area contributed by atoms with Crippen LogP contribution in [0.2, 0.25) is 0 Å². The fraction of sp³-hybridized carbons (Fsp3) is 0.909. The van der Waals surface area contributed by atoms with E-state index in [1.807, 2.05) is 20.8 Å². The summed E-state index contributed by atoms with van der Waals surface area (Å²) < 4.78 is 0. The van der Waals surface area contributed by atoms with Gasteiger partial charge in [-0.25, -0.2) is 0 Å². The van der Waals surface area contributed by atoms with Crippen molar-refractivity contribution < 1.29 is 9.90 Å². The first-order valence-electron chi connectivity index (χ1n) is 5.15. The zero-order valence-electron chi connectivity index (χ0n) is 9.26. The molecule has 0 bridgehead atoms. The van der Waals surface area contributed by atoms with E-state index in [2.05, 4.69) is 0 Å². The lowest BCUT2D eigenvalue weighted by atomic mass is 9.88. The van der Waals surface area contributed by atoms with E-state index in [0.717, 1.165) is 12.8 Å². The van der Waals surface area contributed by atoms with Gasteiger partial charge in [-0.3, -0.25) is 4.79 Å². The second kappa shape index (κ2) is 5.38. The molecule has 1 N–H and O–H groups in total. The van der Waals surface area contributed by atoms with Gasteiger partial charge in [0.1, 0.15) is 5.60 Å². The number of unbranched alkanes of at least 4 members (excludes halogenated alkanes) is 1. The first-order chi connectivity index (χ1) is 5.90. The molecule has 0 heterocycles. The number of Topliss-reactive ketones (excluding diaryl/α,β-unsaturated/α-hetero) is 1. The third kappa shape index (κ3) is 5.04. The highest BCUT2D eigenvalue weighted by Gasteiger charge is 2.29. The van der Waals surface area contributed by atoms with E-state index in [1.54, 1.807) is 6.92 Å². The molecule has 78 valence electrons. The van der Waals surface area contributed by atoms with Crippen molar-refractivity contribution in [3.8, 4) is 0 Å². The van der Waals surface area contributed by atoms with Gasteiger partial charge >= 0.3 is 0 Å². The Kier molecular flexibility index (Phi) is 5.23. The molecule has 1 atom stereocenters. The molecule has 0 fully saturated rings. The van der Waals surface area contributed by atoms with E-state index in [-0.39, 0.29) is 5.78 Å². The van der Waals surface area contributed by atoms with Crippen LogP contribution in [0.25, 0.3) is 0 Å². The van der Waals surface area contributed by atoms with Gasteiger partial charge in [0.05, 0.1) is 0 Å². The van der Waals surface area contributed by atoms with Crippen LogP contribution in [0, 0.1) is 5.92 Å². The first-order valence-corrected chi connectivity index (χ1v) is 5.15. The minimum atomic E-state index is -1.11. The maximum Gasteiger partial charge on any atom is 0.164 e. The number of carbonyl (C=O) groups is 1. The largest absolute Gasteiger partial charge is 0.382 e. The van der Waals surface area contributed by atoms with E-state index in [4.69, 9.17) is 0 Å². The highest BCUT2D eigenvalue weighted by Crippen LogP contribution is 2.19. The van der Waals surface area contributed by atoms with E-state index in [1.165, 1.54) is 0 Å². The minimum Gasteiger partial charge on any atom is -0.382 e. The number of rotatable bonds is 6. The van der Waals surface area contributed by atoms with Gasteiger partial charge in [-0.1, -0.05) is 27.2 Å². The fourth-order valence-corrected chi connectivity index (χ4v) is 1.52. The van der Waals surface area contributed by atoms with Crippen LogP contribution in [0.1, 0.15) is 53.4 Å². The lowest BCUT2D eigenvalue weighted by Gasteiger charge is -2.23. The molecule has 2 nitrogen and oxygen atoms in total. The predicted octanol–water partition coefficient (Wildman–Crippen LogP) is 2.54. The van der Waals surface area contributed by atoms with Crippen molar-refractivity contribution in [3.63, 3.8) is 0 Å². The van der Waals surface area contributed by atoms with Gasteiger partial charge in [-0.15, -0.1) is 0 Å². The molecule has 0 aliphatic carbocycles. The second-order valence-corrected chi connectivity index (χ2v) is 4.40. The third-order valence-corrected chi connectivity index (χ3v) is 2.16. The van der Waals surface area contributed by atoms with Gasteiger partial charge in [0, 0.05) is 6.42 Å². The molecule has 0 radical (unpaired) electrons. The van der Waals surface area contributed by atoms with Gasteiger partial charge in [-0.2, -0.15) is 0 Å². The van der Waals surface area contributed by atoms with Gasteiger partial charge in [-0.05, 0) is 25.7 Å². The summed E-state index contributed by atoms with van der Waals surface area (Å²) >= 11 is 0. The average molecular weight is 186 g/mol. The minimum absolute atomic E-state index is 0.0111. The summed E-state index contributed by atoms with van der Waals surface area (Å²) in [4.78, 5) is 11.5. The zero-order valence-corrected chi connectivity index (χ0v) is 9.26. The fourth-order valence-electron chi connectivity index (χ4n) is 1.52. The predicted molar refractivity (Wildman–Crippen MR) is 54.6 cm³/mol. The molecular formula is C11H22O2. The molecule has 0 rings (SSSR count). The Balaban J connectivity index is 4.03. The van der Waals surface area contributed by atoms with Crippen molar-refractivity contribution in [2.75, 3.05) is 0 Å². The Bertz CT molecular complexity index is 159. The van der Waals surface area contributed by atoms with Crippen LogP contribution in [-0.4, -0.2) is 16.5 Å². The summed E-state index contributed by atoms with van der Waals surface area (Å²) in [5.74, 6) is 0.351. The van der Waals surface area contributed by atoms with Crippen molar-refractivity contribution in [2.45, 2.75) is 59.0 Å². The molecule has 0 aliphatic rings. The van der Waals surface area contributed by atoms with Crippen LogP contribution in [0.5, 0.6) is 0 Å². The Labute approximate surface area is 81.3 Å². The Morgan fingerprint density at radius 3 is 2.38 bits per heavy atom. The molecule has 0 amide bonds. The maximum absolute atomic E-state index is 11.5. The molecule has 0 spiro atoms. The Hall–Kier alpha value is -0.370. The van der Waals surface area contributed by atoms with Crippen LogP contribution < -0.4 is 0 Å². The molecule has 0 aromatic rings. The quantitative estimate of drug-likeness (QED) is 0.692. The smallest absolute Gasteiger partial charge is 0.164 e. The van der Waals surface area contributed by atoms with Crippen LogP contribution in [0.4, 0.5) is 0 Å². The van der Waals surface area contributed by atoms with E-state index < -0.39 is 5.60 Å². The lowest BCUT2D eigenvalue weighted by molar-refractivity contribution is -0.137. The van der Waals surface area contributed by atoms with E-state index in [9.17, 15) is 9.90 Å². The van der Waals surface area contributed by atoms with Crippen molar-refractivity contribution in [3.05, 3.63) is 0 Å². The van der Waals surface area contributed by atoms with Gasteiger partial charge in [0.15, 0.2) is 5.78 Å². The van der Waals surface area contributed by atoms with Crippen LogP contribution >= 0.6 is 0 Å². The molecule has 1 unspecified atom stereocenters. The third-order valence-electron chi connectivity index (χ3n) is 2.16. The summed E-state index contributed by atoms with van der Waals surface area (Å²) in [6.45, 7) is 7.71. The summed E-state index contributed by atoms with van der Waals surface area (Å²) in [5, 5.41) is 9.83. The summed E-state index contributed by atoms with van der Waals surface area (Å²) in [6, 6.07) is 0. The highest BCUT2D eigenvalue weighted by atomic mass is 16.3. The number of aliphatic hydroxyl groups is 1. The van der Waals surface area contributed by atoms with E-state index in [0.29, 0.717) is 18.8 Å². The number of carbonyl (C=O) groups excluding carboxylic acids is 1. The highest BCUT2D eigenvalue weighted by molar-refractivity contribution is 5.86. The number of ketones is 1. The summed E-state index contributed by atoms with van der Waals surface area (Å²) in [5.41, 5.74) is -1.11. The van der Waals surface area contributed by atoms with Crippen LogP contribution in [0.15, 0.2) is 0 Å². The Morgan fingerprint density at radius 1 is 1.46 bits per heavy atom. The summed E-state index contributed by atoms with van der Waals surface area (Å²) in [6.07, 6.45) is 2.96. The van der Waals surface area contributed by atoms with Crippen molar-refractivity contribution in [1.82, 2.24) is 0 Å².